The second kappa shape index (κ2) is 11.9. The highest BCUT2D eigenvalue weighted by Crippen LogP contribution is 2.28. The Balaban J connectivity index is 1.55. The van der Waals surface area contributed by atoms with Gasteiger partial charge in [-0.1, -0.05) is 23.7 Å². The van der Waals surface area contributed by atoms with Gasteiger partial charge < -0.3 is 20.3 Å². The van der Waals surface area contributed by atoms with Gasteiger partial charge in [0.1, 0.15) is 0 Å². The number of hydrogen-bond acceptors (Lipinski definition) is 3. The molecular weight excluding hydrogens is 426 g/mol. The van der Waals surface area contributed by atoms with Gasteiger partial charge in [0, 0.05) is 48.4 Å². The Morgan fingerprint density at radius 1 is 1.19 bits per heavy atom. The number of halogens is 1. The standard InChI is InChI=1S/C25H32ClN3O3/c1-18(2)32-15-5-13-27-24(30)20-7-3-6-19(16-20)21-8-4-14-29(17-21)25(31)28-23-11-9-22(26)10-12-23/h3,6-7,9-12,16,18,21H,4-5,8,13-15,17H2,1-2H3,(H,27,30)(H,28,31)/t21-/m0/s1. The molecule has 7 heteroatoms. The van der Waals surface area contributed by atoms with Crippen molar-refractivity contribution in [2.45, 2.75) is 45.1 Å². The monoisotopic (exact) mass is 457 g/mol. The Kier molecular flexibility index (Phi) is 8.94. The van der Waals surface area contributed by atoms with Crippen molar-refractivity contribution in [1.82, 2.24) is 10.2 Å². The molecule has 3 rings (SSSR count). The molecular formula is C25H32ClN3O3. The number of ether oxygens (including phenoxy) is 1. The summed E-state index contributed by atoms with van der Waals surface area (Å²) in [6.07, 6.45) is 2.89. The maximum absolute atomic E-state index is 12.7. The van der Waals surface area contributed by atoms with Gasteiger partial charge in [-0.05, 0) is 75.1 Å². The first-order valence-electron chi connectivity index (χ1n) is 11.2. The van der Waals surface area contributed by atoms with Crippen LogP contribution in [0.15, 0.2) is 48.5 Å². The Morgan fingerprint density at radius 3 is 2.72 bits per heavy atom. The van der Waals surface area contributed by atoms with Crippen LogP contribution in [-0.2, 0) is 4.74 Å². The van der Waals surface area contributed by atoms with Gasteiger partial charge in [0.05, 0.1) is 6.10 Å². The molecule has 3 amide bonds. The Hall–Kier alpha value is -2.57. The summed E-state index contributed by atoms with van der Waals surface area (Å²) in [6.45, 7) is 6.55. The second-order valence-electron chi connectivity index (χ2n) is 8.38. The van der Waals surface area contributed by atoms with Crippen molar-refractivity contribution in [1.29, 1.82) is 0 Å². The fourth-order valence-corrected chi connectivity index (χ4v) is 3.92. The van der Waals surface area contributed by atoms with Gasteiger partial charge in [-0.3, -0.25) is 4.79 Å². The van der Waals surface area contributed by atoms with E-state index in [2.05, 4.69) is 10.6 Å². The first kappa shape index (κ1) is 24.1. The summed E-state index contributed by atoms with van der Waals surface area (Å²) in [5.41, 5.74) is 2.46. The molecule has 2 aromatic carbocycles. The fourth-order valence-electron chi connectivity index (χ4n) is 3.80. The van der Waals surface area contributed by atoms with Crippen LogP contribution in [0.2, 0.25) is 5.02 Å². The van der Waals surface area contributed by atoms with E-state index in [1.807, 2.05) is 43.0 Å². The molecule has 1 heterocycles. The van der Waals surface area contributed by atoms with E-state index in [1.165, 1.54) is 0 Å². The molecule has 2 aromatic rings. The van der Waals surface area contributed by atoms with Crippen molar-refractivity contribution < 1.29 is 14.3 Å². The van der Waals surface area contributed by atoms with E-state index >= 15 is 0 Å². The van der Waals surface area contributed by atoms with Crippen LogP contribution in [0.25, 0.3) is 0 Å². The number of anilines is 1. The molecule has 0 saturated carbocycles. The molecule has 0 bridgehead atoms. The Morgan fingerprint density at radius 2 is 1.97 bits per heavy atom. The summed E-state index contributed by atoms with van der Waals surface area (Å²) in [5, 5.41) is 6.53. The molecule has 172 valence electrons. The van der Waals surface area contributed by atoms with Crippen LogP contribution in [0.5, 0.6) is 0 Å². The number of benzene rings is 2. The second-order valence-corrected chi connectivity index (χ2v) is 8.81. The van der Waals surface area contributed by atoms with Crippen molar-refractivity contribution in [2.24, 2.45) is 0 Å². The van der Waals surface area contributed by atoms with Crippen LogP contribution in [0.1, 0.15) is 54.9 Å². The average Bonchev–Trinajstić information content (AvgIpc) is 2.80. The third-order valence-electron chi connectivity index (χ3n) is 5.48. The molecule has 6 nitrogen and oxygen atoms in total. The Labute approximate surface area is 195 Å². The topological polar surface area (TPSA) is 70.7 Å². The third kappa shape index (κ3) is 7.24. The van der Waals surface area contributed by atoms with Gasteiger partial charge in [0.2, 0.25) is 0 Å². The number of rotatable bonds is 8. The lowest BCUT2D eigenvalue weighted by atomic mass is 9.89. The number of amides is 3. The van der Waals surface area contributed by atoms with Gasteiger partial charge in [-0.15, -0.1) is 0 Å². The Bertz CT molecular complexity index is 902. The summed E-state index contributed by atoms with van der Waals surface area (Å²) in [7, 11) is 0. The van der Waals surface area contributed by atoms with E-state index < -0.39 is 0 Å². The zero-order valence-corrected chi connectivity index (χ0v) is 19.5. The van der Waals surface area contributed by atoms with E-state index in [-0.39, 0.29) is 24.0 Å². The number of likely N-dealkylation sites (tertiary alicyclic amines) is 1. The quantitative estimate of drug-likeness (QED) is 0.528. The van der Waals surface area contributed by atoms with Gasteiger partial charge in [0.25, 0.3) is 5.91 Å². The van der Waals surface area contributed by atoms with Crippen molar-refractivity contribution in [2.75, 3.05) is 31.6 Å². The van der Waals surface area contributed by atoms with Crippen LogP contribution in [0.3, 0.4) is 0 Å². The summed E-state index contributed by atoms with van der Waals surface area (Å²) in [6, 6.07) is 14.7. The predicted molar refractivity (Wildman–Crippen MR) is 128 cm³/mol. The fraction of sp³-hybridized carbons (Fsp3) is 0.440. The summed E-state index contributed by atoms with van der Waals surface area (Å²) in [5.74, 6) is 0.122. The normalized spacial score (nSPS) is 16.1. The van der Waals surface area contributed by atoms with Crippen molar-refractivity contribution in [3.05, 3.63) is 64.7 Å². The lowest BCUT2D eigenvalue weighted by molar-refractivity contribution is 0.0757. The molecule has 1 saturated heterocycles. The van der Waals surface area contributed by atoms with E-state index in [1.54, 1.807) is 24.3 Å². The number of nitrogens with one attached hydrogen (secondary N) is 2. The van der Waals surface area contributed by atoms with Crippen LogP contribution < -0.4 is 10.6 Å². The molecule has 2 N–H and O–H groups in total. The van der Waals surface area contributed by atoms with Gasteiger partial charge in [-0.2, -0.15) is 0 Å². The summed E-state index contributed by atoms with van der Waals surface area (Å²) in [4.78, 5) is 27.1. The molecule has 1 atom stereocenters. The van der Waals surface area contributed by atoms with Crippen LogP contribution in [0.4, 0.5) is 10.5 Å². The smallest absolute Gasteiger partial charge is 0.321 e. The first-order valence-corrected chi connectivity index (χ1v) is 11.6. The summed E-state index contributed by atoms with van der Waals surface area (Å²) < 4.78 is 5.51. The van der Waals surface area contributed by atoms with Crippen LogP contribution in [-0.4, -0.2) is 49.2 Å². The van der Waals surface area contributed by atoms with Gasteiger partial charge >= 0.3 is 6.03 Å². The molecule has 1 aliphatic heterocycles. The predicted octanol–water partition coefficient (Wildman–Crippen LogP) is 5.30. The third-order valence-corrected chi connectivity index (χ3v) is 5.73. The average molecular weight is 458 g/mol. The lowest BCUT2D eigenvalue weighted by Gasteiger charge is -2.33. The van der Waals surface area contributed by atoms with E-state index in [0.29, 0.717) is 36.8 Å². The SMILES string of the molecule is CC(C)OCCCNC(=O)c1cccc([C@H]2CCCN(C(=O)Nc3ccc(Cl)cc3)C2)c1. The molecule has 1 fully saturated rings. The molecule has 0 unspecified atom stereocenters. The number of carbonyl (C=O) groups is 2. The highest BCUT2D eigenvalue weighted by Gasteiger charge is 2.25. The zero-order valence-electron chi connectivity index (χ0n) is 18.8. The van der Waals surface area contributed by atoms with Gasteiger partial charge in [0.15, 0.2) is 0 Å². The van der Waals surface area contributed by atoms with Crippen molar-refractivity contribution in [3.63, 3.8) is 0 Å². The first-order chi connectivity index (χ1) is 15.4. The maximum atomic E-state index is 12.7. The number of piperidine rings is 1. The van der Waals surface area contributed by atoms with E-state index in [9.17, 15) is 9.59 Å². The van der Waals surface area contributed by atoms with Crippen LogP contribution >= 0.6 is 11.6 Å². The molecule has 32 heavy (non-hydrogen) atoms. The maximum Gasteiger partial charge on any atom is 0.321 e. The lowest BCUT2D eigenvalue weighted by Crippen LogP contribution is -2.41. The molecule has 0 aromatic heterocycles. The highest BCUT2D eigenvalue weighted by molar-refractivity contribution is 6.30. The molecule has 0 radical (unpaired) electrons. The van der Waals surface area contributed by atoms with Gasteiger partial charge in [-0.25, -0.2) is 4.79 Å². The van der Waals surface area contributed by atoms with Crippen molar-refractivity contribution >= 4 is 29.2 Å². The highest BCUT2D eigenvalue weighted by atomic mass is 35.5. The van der Waals surface area contributed by atoms with Crippen molar-refractivity contribution in [3.8, 4) is 0 Å². The summed E-state index contributed by atoms with van der Waals surface area (Å²) >= 11 is 5.91. The van der Waals surface area contributed by atoms with E-state index in [4.69, 9.17) is 16.3 Å². The van der Waals surface area contributed by atoms with Crippen LogP contribution in [0, 0.1) is 0 Å². The largest absolute Gasteiger partial charge is 0.379 e. The number of carbonyl (C=O) groups excluding carboxylic acids is 2. The molecule has 0 spiro atoms. The molecule has 1 aliphatic rings. The minimum absolute atomic E-state index is 0.0791. The number of urea groups is 1. The minimum atomic E-state index is -0.116. The molecule has 0 aliphatic carbocycles. The minimum Gasteiger partial charge on any atom is -0.379 e. The number of hydrogen-bond donors (Lipinski definition) is 2. The number of nitrogens with zero attached hydrogens (tertiary/aromatic N) is 1. The van der Waals surface area contributed by atoms with E-state index in [0.717, 1.165) is 30.5 Å². The zero-order chi connectivity index (χ0) is 22.9.